The van der Waals surface area contributed by atoms with E-state index in [1.807, 2.05) is 36.4 Å². The van der Waals surface area contributed by atoms with Crippen molar-refractivity contribution in [3.8, 4) is 16.9 Å². The number of aryl methyl sites for hydroxylation is 2. The number of para-hydroxylation sites is 1. The molecule has 2 heterocycles. The first kappa shape index (κ1) is 23.0. The fourth-order valence-electron chi connectivity index (χ4n) is 3.99. The highest BCUT2D eigenvalue weighted by molar-refractivity contribution is 7.99. The van der Waals surface area contributed by atoms with Crippen molar-refractivity contribution in [2.75, 3.05) is 16.9 Å². The number of alkyl halides is 3. The molecule has 0 fully saturated rings. The number of benzene rings is 2. The van der Waals surface area contributed by atoms with Gasteiger partial charge < -0.3 is 11.2 Å². The van der Waals surface area contributed by atoms with Gasteiger partial charge in [0, 0.05) is 11.6 Å². The van der Waals surface area contributed by atoms with Crippen molar-refractivity contribution >= 4 is 23.5 Å². The average molecular weight is 500 g/mol. The van der Waals surface area contributed by atoms with Crippen molar-refractivity contribution in [3.63, 3.8) is 0 Å². The molecule has 12 heteroatoms. The summed E-state index contributed by atoms with van der Waals surface area (Å²) < 4.78 is 40.6. The number of anilines is 1. The van der Waals surface area contributed by atoms with Crippen LogP contribution in [0.2, 0.25) is 0 Å². The summed E-state index contributed by atoms with van der Waals surface area (Å²) in [7, 11) is 0. The van der Waals surface area contributed by atoms with Gasteiger partial charge in [0.1, 0.15) is 5.82 Å². The summed E-state index contributed by atoms with van der Waals surface area (Å²) in [5, 5.41) is 13.8. The molecule has 2 aromatic heterocycles. The average Bonchev–Trinajstić information content (AvgIpc) is 3.56. The first-order chi connectivity index (χ1) is 16.8. The predicted octanol–water partition coefficient (Wildman–Crippen LogP) is 4.08. The molecule has 3 N–H and O–H groups in total. The summed E-state index contributed by atoms with van der Waals surface area (Å²) in [5.41, 5.74) is 5.05. The van der Waals surface area contributed by atoms with E-state index in [-0.39, 0.29) is 10.9 Å². The molecule has 0 unspecified atom stereocenters. The molecule has 0 bridgehead atoms. The third-order valence-electron chi connectivity index (χ3n) is 5.62. The molecular formula is C23H20F3N7OS. The van der Waals surface area contributed by atoms with Gasteiger partial charge in [-0.1, -0.05) is 42.1 Å². The van der Waals surface area contributed by atoms with Crippen molar-refractivity contribution in [2.24, 2.45) is 0 Å². The summed E-state index contributed by atoms with van der Waals surface area (Å²) in [5.74, 6) is 3.87. The molecule has 1 amide bonds. The molecular weight excluding hydrogens is 479 g/mol. The SMILES string of the molecule is Nn1c(SCC(=O)Nc2cc(-c3ccc4c(c3)CCC4)nn2-c2ccccc2)nnc1C(F)(F)F. The zero-order valence-corrected chi connectivity index (χ0v) is 19.1. The van der Waals surface area contributed by atoms with Crippen LogP contribution < -0.4 is 11.2 Å². The second-order valence-electron chi connectivity index (χ2n) is 8.01. The Kier molecular flexibility index (Phi) is 5.97. The van der Waals surface area contributed by atoms with E-state index in [0.29, 0.717) is 16.2 Å². The predicted molar refractivity (Wildman–Crippen MR) is 126 cm³/mol. The number of nitrogen functional groups attached to an aromatic ring is 1. The van der Waals surface area contributed by atoms with Gasteiger partial charge in [0.25, 0.3) is 5.82 Å². The topological polar surface area (TPSA) is 104 Å². The van der Waals surface area contributed by atoms with Gasteiger partial charge >= 0.3 is 6.18 Å². The fourth-order valence-corrected chi connectivity index (χ4v) is 4.64. The number of carbonyl (C=O) groups excluding carboxylic acids is 1. The molecule has 0 radical (unpaired) electrons. The Hall–Kier alpha value is -3.80. The van der Waals surface area contributed by atoms with Gasteiger partial charge in [0.2, 0.25) is 11.1 Å². The first-order valence-corrected chi connectivity index (χ1v) is 11.8. The third kappa shape index (κ3) is 4.74. The number of fused-ring (bicyclic) bond motifs is 1. The van der Waals surface area contributed by atoms with Crippen LogP contribution in [0, 0.1) is 0 Å². The van der Waals surface area contributed by atoms with Crippen LogP contribution >= 0.6 is 11.8 Å². The van der Waals surface area contributed by atoms with E-state index in [0.717, 1.165) is 42.3 Å². The maximum Gasteiger partial charge on any atom is 0.453 e. The lowest BCUT2D eigenvalue weighted by Gasteiger charge is -2.09. The lowest BCUT2D eigenvalue weighted by molar-refractivity contribution is -0.146. The molecule has 2 aromatic carbocycles. The van der Waals surface area contributed by atoms with E-state index in [1.165, 1.54) is 11.1 Å². The minimum absolute atomic E-state index is 0.220. The number of halogens is 3. The monoisotopic (exact) mass is 499 g/mol. The Bertz CT molecular complexity index is 1380. The smallest absolute Gasteiger partial charge is 0.335 e. The number of thioether (sulfide) groups is 1. The summed E-state index contributed by atoms with van der Waals surface area (Å²) in [6, 6.07) is 17.4. The normalized spacial score (nSPS) is 13.1. The number of carbonyl (C=O) groups is 1. The van der Waals surface area contributed by atoms with Crippen LogP contribution in [0.5, 0.6) is 0 Å². The molecule has 0 spiro atoms. The minimum atomic E-state index is -4.74. The molecule has 5 rings (SSSR count). The molecule has 0 saturated carbocycles. The number of nitrogens with two attached hydrogens (primary N) is 1. The highest BCUT2D eigenvalue weighted by atomic mass is 32.2. The van der Waals surface area contributed by atoms with Crippen LogP contribution in [0.15, 0.2) is 59.8 Å². The highest BCUT2D eigenvalue weighted by Gasteiger charge is 2.38. The Morgan fingerprint density at radius 2 is 1.83 bits per heavy atom. The second-order valence-corrected chi connectivity index (χ2v) is 8.95. The van der Waals surface area contributed by atoms with Crippen molar-refractivity contribution in [1.29, 1.82) is 0 Å². The standard InChI is InChI=1S/C23H20F3N7OS/c24-23(25,26)21-29-30-22(32(21)27)35-13-20(34)28-19-12-18(31-33(19)17-7-2-1-3-8-17)16-10-9-14-5-4-6-15(14)11-16/h1-3,7-12H,4-6,13,27H2,(H,28,34). The quantitative estimate of drug-likeness (QED) is 0.306. The van der Waals surface area contributed by atoms with Crippen LogP contribution in [0.1, 0.15) is 23.4 Å². The highest BCUT2D eigenvalue weighted by Crippen LogP contribution is 2.31. The molecule has 1 aliphatic rings. The van der Waals surface area contributed by atoms with E-state index in [4.69, 9.17) is 10.9 Å². The molecule has 0 atom stereocenters. The Morgan fingerprint density at radius 3 is 2.57 bits per heavy atom. The number of nitrogens with zero attached hydrogens (tertiary/aromatic N) is 5. The van der Waals surface area contributed by atoms with Gasteiger partial charge in [0.15, 0.2) is 0 Å². The van der Waals surface area contributed by atoms with Crippen molar-refractivity contribution in [3.05, 3.63) is 71.5 Å². The molecule has 8 nitrogen and oxygen atoms in total. The number of nitrogens with one attached hydrogen (secondary N) is 1. The zero-order valence-electron chi connectivity index (χ0n) is 18.3. The largest absolute Gasteiger partial charge is 0.453 e. The third-order valence-corrected chi connectivity index (χ3v) is 6.57. The maximum atomic E-state index is 12.9. The second kappa shape index (κ2) is 9.10. The van der Waals surface area contributed by atoms with E-state index < -0.39 is 17.9 Å². The van der Waals surface area contributed by atoms with Crippen LogP contribution in [0.3, 0.4) is 0 Å². The Labute approximate surface area is 202 Å². The lowest BCUT2D eigenvalue weighted by Crippen LogP contribution is -2.22. The van der Waals surface area contributed by atoms with Crippen molar-refractivity contribution in [2.45, 2.75) is 30.6 Å². The molecule has 35 heavy (non-hydrogen) atoms. The van der Waals surface area contributed by atoms with Gasteiger partial charge in [-0.25, -0.2) is 9.36 Å². The summed E-state index contributed by atoms with van der Waals surface area (Å²) >= 11 is 0.752. The van der Waals surface area contributed by atoms with Crippen LogP contribution in [0.25, 0.3) is 16.9 Å². The molecule has 0 saturated heterocycles. The molecule has 4 aromatic rings. The minimum Gasteiger partial charge on any atom is -0.335 e. The van der Waals surface area contributed by atoms with E-state index in [1.54, 1.807) is 10.7 Å². The van der Waals surface area contributed by atoms with Crippen molar-refractivity contribution < 1.29 is 18.0 Å². The Balaban J connectivity index is 1.38. The van der Waals surface area contributed by atoms with E-state index in [9.17, 15) is 18.0 Å². The van der Waals surface area contributed by atoms with Crippen LogP contribution in [-0.2, 0) is 23.8 Å². The number of rotatable bonds is 6. The molecule has 0 aliphatic heterocycles. The number of hydrogen-bond donors (Lipinski definition) is 2. The molecule has 1 aliphatic carbocycles. The fraction of sp³-hybridized carbons (Fsp3) is 0.217. The van der Waals surface area contributed by atoms with Gasteiger partial charge in [-0.15, -0.1) is 10.2 Å². The summed E-state index contributed by atoms with van der Waals surface area (Å²) in [6.45, 7) is 0. The zero-order chi connectivity index (χ0) is 24.6. The summed E-state index contributed by atoms with van der Waals surface area (Å²) in [6.07, 6.45) is -1.49. The van der Waals surface area contributed by atoms with Gasteiger partial charge in [-0.2, -0.15) is 18.3 Å². The maximum absolute atomic E-state index is 12.9. The number of hydrogen-bond acceptors (Lipinski definition) is 6. The molecule has 180 valence electrons. The Morgan fingerprint density at radius 1 is 1.06 bits per heavy atom. The van der Waals surface area contributed by atoms with E-state index >= 15 is 0 Å². The van der Waals surface area contributed by atoms with E-state index in [2.05, 4.69) is 27.6 Å². The summed E-state index contributed by atoms with van der Waals surface area (Å²) in [4.78, 5) is 12.7. The first-order valence-electron chi connectivity index (χ1n) is 10.8. The van der Waals surface area contributed by atoms with Gasteiger partial charge in [-0.3, -0.25) is 4.79 Å². The van der Waals surface area contributed by atoms with Gasteiger partial charge in [0.05, 0.1) is 17.1 Å². The van der Waals surface area contributed by atoms with Crippen LogP contribution in [-0.4, -0.2) is 36.3 Å². The number of amides is 1. The van der Waals surface area contributed by atoms with Crippen LogP contribution in [0.4, 0.5) is 19.0 Å². The van der Waals surface area contributed by atoms with Crippen molar-refractivity contribution in [1.82, 2.24) is 24.7 Å². The lowest BCUT2D eigenvalue weighted by atomic mass is 10.0. The van der Waals surface area contributed by atoms with Gasteiger partial charge in [-0.05, 0) is 48.6 Å². The number of aromatic nitrogens is 5.